The zero-order valence-corrected chi connectivity index (χ0v) is 21.1. The molecule has 1 aliphatic carbocycles. The second-order valence-electron chi connectivity index (χ2n) is 10.5. The van der Waals surface area contributed by atoms with Crippen molar-refractivity contribution in [2.45, 2.75) is 38.8 Å². The number of benzene rings is 4. The number of hydrogen-bond acceptors (Lipinski definition) is 4. The highest BCUT2D eigenvalue weighted by Gasteiger charge is 2.57. The third kappa shape index (κ3) is 3.86. The molecular formula is C32H32N2O2. The molecule has 0 bridgehead atoms. The summed E-state index contributed by atoms with van der Waals surface area (Å²) in [5, 5.41) is 6.58. The van der Waals surface area contributed by atoms with Crippen molar-refractivity contribution >= 4 is 28.1 Å². The van der Waals surface area contributed by atoms with Gasteiger partial charge in [0.1, 0.15) is 0 Å². The van der Waals surface area contributed by atoms with Crippen molar-refractivity contribution < 1.29 is 9.53 Å². The molecule has 0 aromatic heterocycles. The topological polar surface area (TPSA) is 41.6 Å². The molecule has 1 spiro atoms. The van der Waals surface area contributed by atoms with E-state index in [1.807, 2.05) is 19.1 Å². The quantitative estimate of drug-likeness (QED) is 0.324. The van der Waals surface area contributed by atoms with Crippen molar-refractivity contribution in [3.8, 4) is 0 Å². The number of hydrogen-bond donors (Lipinski definition) is 1. The van der Waals surface area contributed by atoms with E-state index in [9.17, 15) is 4.79 Å². The molecule has 1 aliphatic heterocycles. The van der Waals surface area contributed by atoms with Gasteiger partial charge in [-0.05, 0) is 72.4 Å². The number of aryl methyl sites for hydroxylation is 1. The molecule has 182 valence electrons. The van der Waals surface area contributed by atoms with Gasteiger partial charge >= 0.3 is 5.97 Å². The van der Waals surface area contributed by atoms with Gasteiger partial charge in [0.25, 0.3) is 0 Å². The number of methoxy groups -OCH3 is 1. The van der Waals surface area contributed by atoms with Gasteiger partial charge in [-0.15, -0.1) is 0 Å². The lowest BCUT2D eigenvalue weighted by molar-refractivity contribution is 0.0600. The number of carbonyl (C=O) groups is 1. The smallest absolute Gasteiger partial charge is 0.338 e. The fourth-order valence-corrected chi connectivity index (χ4v) is 6.07. The Labute approximate surface area is 212 Å². The van der Waals surface area contributed by atoms with Crippen LogP contribution in [0.1, 0.15) is 46.4 Å². The van der Waals surface area contributed by atoms with E-state index in [1.54, 1.807) is 0 Å². The van der Waals surface area contributed by atoms with Crippen LogP contribution in [0.3, 0.4) is 0 Å². The molecule has 4 aromatic rings. The van der Waals surface area contributed by atoms with Gasteiger partial charge in [-0.2, -0.15) is 0 Å². The van der Waals surface area contributed by atoms with E-state index < -0.39 is 0 Å². The van der Waals surface area contributed by atoms with Gasteiger partial charge in [0.05, 0.1) is 12.7 Å². The van der Waals surface area contributed by atoms with Crippen molar-refractivity contribution in [2.75, 3.05) is 18.6 Å². The number of nitrogens with zero attached hydrogens (tertiary/aromatic N) is 1. The van der Waals surface area contributed by atoms with Crippen LogP contribution in [0.25, 0.3) is 10.8 Å². The van der Waals surface area contributed by atoms with Gasteiger partial charge in [0.15, 0.2) is 0 Å². The molecule has 4 nitrogen and oxygen atoms in total. The van der Waals surface area contributed by atoms with Crippen molar-refractivity contribution in [3.63, 3.8) is 0 Å². The molecule has 0 radical (unpaired) electrons. The number of para-hydroxylation sites is 1. The van der Waals surface area contributed by atoms with Crippen molar-refractivity contribution in [1.29, 1.82) is 0 Å². The molecule has 6 rings (SSSR count). The first-order chi connectivity index (χ1) is 17.5. The van der Waals surface area contributed by atoms with Crippen LogP contribution in [-0.2, 0) is 11.2 Å². The van der Waals surface area contributed by atoms with E-state index in [4.69, 9.17) is 4.74 Å². The van der Waals surface area contributed by atoms with Gasteiger partial charge in [-0.1, -0.05) is 66.7 Å². The lowest BCUT2D eigenvalue weighted by Crippen LogP contribution is -2.38. The van der Waals surface area contributed by atoms with Crippen LogP contribution >= 0.6 is 0 Å². The van der Waals surface area contributed by atoms with Crippen LogP contribution in [0.15, 0.2) is 84.9 Å². The number of esters is 1. The van der Waals surface area contributed by atoms with E-state index in [2.05, 4.69) is 89.9 Å². The number of anilines is 2. The van der Waals surface area contributed by atoms with Crippen LogP contribution in [-0.4, -0.2) is 25.7 Å². The molecule has 1 unspecified atom stereocenters. The Bertz CT molecular complexity index is 1460. The number of rotatable bonds is 5. The monoisotopic (exact) mass is 476 g/mol. The predicted octanol–water partition coefficient (Wildman–Crippen LogP) is 6.74. The summed E-state index contributed by atoms with van der Waals surface area (Å²) in [5.41, 5.74) is 6.72. The highest BCUT2D eigenvalue weighted by molar-refractivity contribution is 5.92. The highest BCUT2D eigenvalue weighted by Crippen LogP contribution is 2.55. The molecule has 1 heterocycles. The predicted molar refractivity (Wildman–Crippen MR) is 146 cm³/mol. The van der Waals surface area contributed by atoms with E-state index in [-0.39, 0.29) is 17.4 Å². The summed E-state index contributed by atoms with van der Waals surface area (Å²) >= 11 is 0. The fourth-order valence-electron chi connectivity index (χ4n) is 6.07. The first-order valence-electron chi connectivity index (χ1n) is 12.8. The average molecular weight is 477 g/mol. The summed E-state index contributed by atoms with van der Waals surface area (Å²) in [6.45, 7) is 5.16. The maximum Gasteiger partial charge on any atom is 0.338 e. The Morgan fingerprint density at radius 1 is 1.03 bits per heavy atom. The average Bonchev–Trinajstić information content (AvgIpc) is 3.56. The largest absolute Gasteiger partial charge is 0.465 e. The minimum absolute atomic E-state index is 0.170. The molecule has 1 saturated carbocycles. The molecule has 4 aromatic carbocycles. The first-order valence-corrected chi connectivity index (χ1v) is 12.8. The molecule has 36 heavy (non-hydrogen) atoms. The van der Waals surface area contributed by atoms with Gasteiger partial charge in [0.2, 0.25) is 0 Å². The summed E-state index contributed by atoms with van der Waals surface area (Å²) in [5.74, 6) is -0.288. The summed E-state index contributed by atoms with van der Waals surface area (Å²) < 4.78 is 5.05. The minimum atomic E-state index is -0.288. The molecule has 0 saturated heterocycles. The summed E-state index contributed by atoms with van der Waals surface area (Å²) in [7, 11) is 1.44. The van der Waals surface area contributed by atoms with E-state index >= 15 is 0 Å². The van der Waals surface area contributed by atoms with Gasteiger partial charge < -0.3 is 15.0 Å². The molecular weight excluding hydrogens is 444 g/mol. The lowest BCUT2D eigenvalue weighted by atomic mass is 9.88. The maximum atomic E-state index is 12.4. The second-order valence-corrected chi connectivity index (χ2v) is 10.5. The van der Waals surface area contributed by atoms with Crippen LogP contribution in [0.2, 0.25) is 0 Å². The van der Waals surface area contributed by atoms with Crippen molar-refractivity contribution in [2.24, 2.45) is 5.41 Å². The Kier molecular flexibility index (Phi) is 5.57. The molecule has 2 aliphatic rings. The zero-order valence-electron chi connectivity index (χ0n) is 21.1. The molecule has 4 heteroatoms. The molecule has 1 fully saturated rings. The Balaban J connectivity index is 1.30. The highest BCUT2D eigenvalue weighted by atomic mass is 16.5. The summed E-state index contributed by atoms with van der Waals surface area (Å²) in [4.78, 5) is 14.8. The Morgan fingerprint density at radius 2 is 1.81 bits per heavy atom. The molecule has 3 atom stereocenters. The Hall–Kier alpha value is -3.63. The minimum Gasteiger partial charge on any atom is -0.465 e. The summed E-state index contributed by atoms with van der Waals surface area (Å²) in [6.07, 6.45) is 2.21. The SMILES string of the molecule is COC(=O)c1cc(N2C[C@]3(Cc4ccccc42)CC3N[C@H](C)c2cccc3ccccc23)ccc1C. The van der Waals surface area contributed by atoms with E-state index in [0.717, 1.165) is 30.6 Å². The molecule has 0 amide bonds. The standard InChI is InChI=1S/C32H32N2O2/c1-21-15-16-25(17-28(21)31(35)36-3)34-20-32(18-24-10-5-7-14-29(24)34)19-30(32)33-22(2)26-13-8-11-23-9-4-6-12-27(23)26/h4-17,22,30,33H,18-20H2,1-3H3/t22-,30?,32+/m1/s1. The zero-order chi connectivity index (χ0) is 24.9. The van der Waals surface area contributed by atoms with Crippen LogP contribution in [0.5, 0.6) is 0 Å². The molecule has 1 N–H and O–H groups in total. The number of fused-ring (bicyclic) bond motifs is 2. The number of carbonyl (C=O) groups excluding carboxylic acids is 1. The van der Waals surface area contributed by atoms with E-state index in [1.165, 1.54) is 34.7 Å². The number of nitrogens with one attached hydrogen (secondary N) is 1. The Morgan fingerprint density at radius 3 is 2.67 bits per heavy atom. The third-order valence-corrected chi connectivity index (χ3v) is 8.17. The van der Waals surface area contributed by atoms with Gasteiger partial charge in [-0.25, -0.2) is 4.79 Å². The fraction of sp³-hybridized carbons (Fsp3) is 0.281. The van der Waals surface area contributed by atoms with Crippen LogP contribution < -0.4 is 10.2 Å². The van der Waals surface area contributed by atoms with E-state index in [0.29, 0.717) is 11.6 Å². The van der Waals surface area contributed by atoms with Crippen molar-refractivity contribution in [1.82, 2.24) is 5.32 Å². The second kappa shape index (κ2) is 8.79. The van der Waals surface area contributed by atoms with Gasteiger partial charge in [0, 0.05) is 35.4 Å². The van der Waals surface area contributed by atoms with Gasteiger partial charge in [-0.3, -0.25) is 0 Å². The maximum absolute atomic E-state index is 12.4. The van der Waals surface area contributed by atoms with Crippen LogP contribution in [0, 0.1) is 12.3 Å². The summed E-state index contributed by atoms with van der Waals surface area (Å²) in [6, 6.07) is 30.7. The normalized spacial score (nSPS) is 21.3. The number of ether oxygens (including phenoxy) is 1. The third-order valence-electron chi connectivity index (χ3n) is 8.17. The van der Waals surface area contributed by atoms with Crippen molar-refractivity contribution in [3.05, 3.63) is 107 Å². The lowest BCUT2D eigenvalue weighted by Gasteiger charge is -2.38. The van der Waals surface area contributed by atoms with Crippen LogP contribution in [0.4, 0.5) is 11.4 Å². The first kappa shape index (κ1) is 22.8.